The Morgan fingerprint density at radius 2 is 1.90 bits per heavy atom. The van der Waals surface area contributed by atoms with E-state index in [0.717, 1.165) is 58.0 Å². The minimum Gasteiger partial charge on any atom is -0.375 e. The maximum atomic E-state index is 12.6. The number of hydrogen-bond donors (Lipinski definition) is 2. The van der Waals surface area contributed by atoms with E-state index in [1.165, 1.54) is 6.42 Å². The molecule has 122 valence electrons. The summed E-state index contributed by atoms with van der Waals surface area (Å²) >= 11 is 0. The lowest BCUT2D eigenvalue weighted by atomic mass is 9.85. The predicted octanol–water partition coefficient (Wildman–Crippen LogP) is 2.75. The molecule has 1 heterocycles. The van der Waals surface area contributed by atoms with E-state index in [1.54, 1.807) is 0 Å². The van der Waals surface area contributed by atoms with Crippen molar-refractivity contribution in [1.29, 1.82) is 0 Å². The monoisotopic (exact) mass is 296 g/mol. The zero-order valence-corrected chi connectivity index (χ0v) is 13.7. The van der Waals surface area contributed by atoms with E-state index in [-0.39, 0.29) is 29.5 Å². The summed E-state index contributed by atoms with van der Waals surface area (Å²) in [6, 6.07) is 0.288. The predicted molar refractivity (Wildman–Crippen MR) is 85.0 cm³/mol. The molecule has 2 fully saturated rings. The fourth-order valence-electron chi connectivity index (χ4n) is 3.86. The maximum absolute atomic E-state index is 12.6. The molecule has 1 aliphatic carbocycles. The molecule has 4 heteroatoms. The number of nitrogens with one attached hydrogen (secondary N) is 1. The minimum absolute atomic E-state index is 0.00741. The quantitative estimate of drug-likeness (QED) is 0.784. The highest BCUT2D eigenvalue weighted by atomic mass is 16.5. The Morgan fingerprint density at radius 1 is 1.19 bits per heavy atom. The SMILES string of the molecule is CCC1(CC)CC(NC(=O)C2CCCCCC2N)CCO1. The summed E-state index contributed by atoms with van der Waals surface area (Å²) < 4.78 is 5.99. The first kappa shape index (κ1) is 16.8. The van der Waals surface area contributed by atoms with Crippen LogP contribution in [0.25, 0.3) is 0 Å². The average Bonchev–Trinajstić information content (AvgIpc) is 2.72. The van der Waals surface area contributed by atoms with E-state index in [1.807, 2.05) is 0 Å². The van der Waals surface area contributed by atoms with Crippen molar-refractivity contribution in [3.63, 3.8) is 0 Å². The lowest BCUT2D eigenvalue weighted by molar-refractivity contribution is -0.130. The van der Waals surface area contributed by atoms with Gasteiger partial charge in [0.1, 0.15) is 0 Å². The van der Waals surface area contributed by atoms with Crippen molar-refractivity contribution in [2.75, 3.05) is 6.61 Å². The zero-order chi connectivity index (χ0) is 15.3. The zero-order valence-electron chi connectivity index (χ0n) is 13.7. The van der Waals surface area contributed by atoms with E-state index >= 15 is 0 Å². The lowest BCUT2D eigenvalue weighted by Crippen LogP contribution is -2.51. The Hall–Kier alpha value is -0.610. The molecule has 1 saturated heterocycles. The van der Waals surface area contributed by atoms with Gasteiger partial charge in [-0.1, -0.05) is 33.1 Å². The summed E-state index contributed by atoms with van der Waals surface area (Å²) in [7, 11) is 0. The van der Waals surface area contributed by atoms with E-state index in [2.05, 4.69) is 19.2 Å². The summed E-state index contributed by atoms with van der Waals surface area (Å²) in [6.45, 7) is 5.10. The van der Waals surface area contributed by atoms with E-state index in [0.29, 0.717) is 0 Å². The first-order valence-electron chi connectivity index (χ1n) is 8.80. The molecule has 2 rings (SSSR count). The van der Waals surface area contributed by atoms with Crippen LogP contribution in [0.2, 0.25) is 0 Å². The fraction of sp³-hybridized carbons (Fsp3) is 0.941. The van der Waals surface area contributed by atoms with Crippen molar-refractivity contribution in [1.82, 2.24) is 5.32 Å². The van der Waals surface area contributed by atoms with Crippen molar-refractivity contribution in [2.45, 2.75) is 89.3 Å². The number of amides is 1. The molecule has 0 bridgehead atoms. The minimum atomic E-state index is -0.0399. The highest BCUT2D eigenvalue weighted by Gasteiger charge is 2.36. The maximum Gasteiger partial charge on any atom is 0.224 e. The van der Waals surface area contributed by atoms with Crippen LogP contribution in [0.1, 0.15) is 71.6 Å². The van der Waals surface area contributed by atoms with Gasteiger partial charge in [0.15, 0.2) is 0 Å². The molecule has 3 unspecified atom stereocenters. The van der Waals surface area contributed by atoms with Crippen molar-refractivity contribution >= 4 is 5.91 Å². The van der Waals surface area contributed by atoms with Crippen molar-refractivity contribution < 1.29 is 9.53 Å². The standard InChI is InChI=1S/C17H32N2O2/c1-3-17(4-2)12-13(10-11-21-17)19-16(20)14-8-6-5-7-9-15(14)18/h13-15H,3-12,18H2,1-2H3,(H,19,20). The van der Waals surface area contributed by atoms with Crippen LogP contribution in [0.5, 0.6) is 0 Å². The van der Waals surface area contributed by atoms with E-state index < -0.39 is 0 Å². The molecule has 0 radical (unpaired) electrons. The third-order valence-corrected chi connectivity index (χ3v) is 5.53. The van der Waals surface area contributed by atoms with Gasteiger partial charge in [-0.15, -0.1) is 0 Å². The Labute approximate surface area is 129 Å². The summed E-state index contributed by atoms with van der Waals surface area (Å²) in [5.41, 5.74) is 6.17. The average molecular weight is 296 g/mol. The van der Waals surface area contributed by atoms with Gasteiger partial charge in [0.25, 0.3) is 0 Å². The molecule has 0 aromatic rings. The lowest BCUT2D eigenvalue weighted by Gasteiger charge is -2.40. The first-order chi connectivity index (χ1) is 10.1. The molecular formula is C17H32N2O2. The highest BCUT2D eigenvalue weighted by Crippen LogP contribution is 2.32. The normalized spacial score (nSPS) is 33.2. The second-order valence-electron chi connectivity index (χ2n) is 6.85. The third-order valence-electron chi connectivity index (χ3n) is 5.53. The van der Waals surface area contributed by atoms with Gasteiger partial charge >= 0.3 is 0 Å². The van der Waals surface area contributed by atoms with Crippen LogP contribution in [-0.2, 0) is 9.53 Å². The van der Waals surface area contributed by atoms with Gasteiger partial charge < -0.3 is 15.8 Å². The summed E-state index contributed by atoms with van der Waals surface area (Å²) in [4.78, 5) is 12.6. The van der Waals surface area contributed by atoms with Gasteiger partial charge in [-0.25, -0.2) is 0 Å². The molecule has 0 aromatic carbocycles. The number of hydrogen-bond acceptors (Lipinski definition) is 3. The molecule has 0 spiro atoms. The van der Waals surface area contributed by atoms with Crippen LogP contribution in [-0.4, -0.2) is 30.2 Å². The Balaban J connectivity index is 1.92. The van der Waals surface area contributed by atoms with Crippen LogP contribution in [0.3, 0.4) is 0 Å². The van der Waals surface area contributed by atoms with Gasteiger partial charge in [-0.3, -0.25) is 4.79 Å². The van der Waals surface area contributed by atoms with Gasteiger partial charge in [0.05, 0.1) is 11.5 Å². The number of nitrogens with two attached hydrogens (primary N) is 1. The second-order valence-corrected chi connectivity index (χ2v) is 6.85. The molecule has 2 aliphatic rings. The molecule has 3 atom stereocenters. The molecule has 0 aromatic heterocycles. The van der Waals surface area contributed by atoms with E-state index in [9.17, 15) is 4.79 Å². The molecule has 1 saturated carbocycles. The Morgan fingerprint density at radius 3 is 2.62 bits per heavy atom. The van der Waals surface area contributed by atoms with Crippen molar-refractivity contribution in [2.24, 2.45) is 11.7 Å². The van der Waals surface area contributed by atoms with Gasteiger partial charge in [0, 0.05) is 18.7 Å². The number of rotatable bonds is 4. The van der Waals surface area contributed by atoms with Crippen LogP contribution < -0.4 is 11.1 Å². The highest BCUT2D eigenvalue weighted by molar-refractivity contribution is 5.79. The van der Waals surface area contributed by atoms with Crippen LogP contribution in [0, 0.1) is 5.92 Å². The smallest absolute Gasteiger partial charge is 0.224 e. The largest absolute Gasteiger partial charge is 0.375 e. The number of ether oxygens (including phenoxy) is 1. The number of carbonyl (C=O) groups excluding carboxylic acids is 1. The van der Waals surface area contributed by atoms with Gasteiger partial charge in [0.2, 0.25) is 5.91 Å². The second kappa shape index (κ2) is 7.59. The topological polar surface area (TPSA) is 64.4 Å². The van der Waals surface area contributed by atoms with Crippen LogP contribution in [0.15, 0.2) is 0 Å². The molecule has 1 aliphatic heterocycles. The molecule has 21 heavy (non-hydrogen) atoms. The van der Waals surface area contributed by atoms with Gasteiger partial charge in [-0.05, 0) is 38.5 Å². The van der Waals surface area contributed by atoms with Crippen LogP contribution in [0.4, 0.5) is 0 Å². The molecular weight excluding hydrogens is 264 g/mol. The third kappa shape index (κ3) is 4.19. The Kier molecular flexibility index (Phi) is 6.06. The van der Waals surface area contributed by atoms with Crippen LogP contribution >= 0.6 is 0 Å². The fourth-order valence-corrected chi connectivity index (χ4v) is 3.86. The Bertz CT molecular complexity index is 342. The molecule has 1 amide bonds. The molecule has 4 nitrogen and oxygen atoms in total. The first-order valence-corrected chi connectivity index (χ1v) is 8.80. The van der Waals surface area contributed by atoms with E-state index in [4.69, 9.17) is 10.5 Å². The van der Waals surface area contributed by atoms with Gasteiger partial charge in [-0.2, -0.15) is 0 Å². The summed E-state index contributed by atoms with van der Waals surface area (Å²) in [5, 5.41) is 3.27. The summed E-state index contributed by atoms with van der Waals surface area (Å²) in [5.74, 6) is 0.186. The number of carbonyl (C=O) groups is 1. The summed E-state index contributed by atoms with van der Waals surface area (Å²) in [6.07, 6.45) is 9.33. The molecule has 3 N–H and O–H groups in total. The van der Waals surface area contributed by atoms with Crippen molar-refractivity contribution in [3.05, 3.63) is 0 Å². The van der Waals surface area contributed by atoms with Crippen molar-refractivity contribution in [3.8, 4) is 0 Å².